The second-order valence-electron chi connectivity index (χ2n) is 6.57. The van der Waals surface area contributed by atoms with Gasteiger partial charge in [-0.25, -0.2) is 4.68 Å². The van der Waals surface area contributed by atoms with Crippen molar-refractivity contribution < 1.29 is 14.5 Å². The number of aromatic nitrogens is 2. The average molecular weight is 356 g/mol. The molecule has 0 saturated carbocycles. The number of benzene rings is 1. The van der Waals surface area contributed by atoms with Crippen LogP contribution in [0.3, 0.4) is 0 Å². The highest BCUT2D eigenvalue weighted by atomic mass is 16.6. The van der Waals surface area contributed by atoms with Crippen molar-refractivity contribution in [3.05, 3.63) is 51.3 Å². The van der Waals surface area contributed by atoms with E-state index in [0.29, 0.717) is 37.7 Å². The first-order valence-electron chi connectivity index (χ1n) is 8.88. The van der Waals surface area contributed by atoms with Crippen LogP contribution in [0.25, 0.3) is 5.69 Å². The predicted octanol–water partition coefficient (Wildman–Crippen LogP) is 2.13. The molecule has 1 fully saturated rings. The lowest BCUT2D eigenvalue weighted by Crippen LogP contribution is -2.41. The zero-order valence-corrected chi connectivity index (χ0v) is 14.4. The summed E-state index contributed by atoms with van der Waals surface area (Å²) in [6, 6.07) is 6.40. The highest BCUT2D eigenvalue weighted by Crippen LogP contribution is 2.29. The number of fused-ring (bicyclic) bond motifs is 1. The lowest BCUT2D eigenvalue weighted by atomic mass is 9.95. The van der Waals surface area contributed by atoms with Crippen LogP contribution in [0.4, 0.5) is 5.69 Å². The van der Waals surface area contributed by atoms with E-state index in [0.717, 1.165) is 36.9 Å². The molecule has 2 heterocycles. The van der Waals surface area contributed by atoms with Gasteiger partial charge in [-0.3, -0.25) is 14.9 Å². The van der Waals surface area contributed by atoms with Crippen molar-refractivity contribution in [1.82, 2.24) is 14.7 Å². The number of nitro groups is 1. The van der Waals surface area contributed by atoms with E-state index in [2.05, 4.69) is 5.10 Å². The van der Waals surface area contributed by atoms with Crippen LogP contribution >= 0.6 is 0 Å². The molecule has 8 nitrogen and oxygen atoms in total. The molecule has 0 unspecified atom stereocenters. The van der Waals surface area contributed by atoms with Gasteiger partial charge in [0.1, 0.15) is 0 Å². The van der Waals surface area contributed by atoms with Gasteiger partial charge in [0, 0.05) is 36.5 Å². The molecular weight excluding hydrogens is 336 g/mol. The zero-order valence-electron chi connectivity index (χ0n) is 14.4. The van der Waals surface area contributed by atoms with E-state index in [9.17, 15) is 14.9 Å². The molecule has 0 spiro atoms. The number of nitrogens with zero attached hydrogens (tertiary/aromatic N) is 4. The van der Waals surface area contributed by atoms with E-state index >= 15 is 0 Å². The highest BCUT2D eigenvalue weighted by molar-refractivity contribution is 5.94. The Labute approximate surface area is 150 Å². The number of rotatable bonds is 3. The summed E-state index contributed by atoms with van der Waals surface area (Å²) in [5, 5.41) is 15.7. The first-order chi connectivity index (χ1) is 12.6. The maximum atomic E-state index is 13.0. The molecule has 8 heteroatoms. The van der Waals surface area contributed by atoms with Crippen molar-refractivity contribution >= 4 is 11.6 Å². The Hall–Kier alpha value is -2.74. The Kier molecular flexibility index (Phi) is 4.42. The fourth-order valence-corrected chi connectivity index (χ4v) is 3.64. The van der Waals surface area contributed by atoms with Gasteiger partial charge in [-0.1, -0.05) is 6.07 Å². The number of ether oxygens (including phenoxy) is 1. The molecule has 1 aromatic heterocycles. The smallest absolute Gasteiger partial charge is 0.274 e. The summed E-state index contributed by atoms with van der Waals surface area (Å²) in [7, 11) is 0. The molecule has 0 atom stereocenters. The van der Waals surface area contributed by atoms with Crippen LogP contribution in [0, 0.1) is 10.1 Å². The molecule has 4 rings (SSSR count). The van der Waals surface area contributed by atoms with Crippen LogP contribution < -0.4 is 0 Å². The van der Waals surface area contributed by atoms with Crippen LogP contribution in [-0.4, -0.2) is 51.8 Å². The number of hydrogen-bond acceptors (Lipinski definition) is 5. The fourth-order valence-electron chi connectivity index (χ4n) is 3.64. The van der Waals surface area contributed by atoms with Gasteiger partial charge in [0.2, 0.25) is 0 Å². The molecule has 0 radical (unpaired) electrons. The summed E-state index contributed by atoms with van der Waals surface area (Å²) in [5.74, 6) is -0.0735. The molecule has 26 heavy (non-hydrogen) atoms. The van der Waals surface area contributed by atoms with Crippen LogP contribution in [0.5, 0.6) is 0 Å². The summed E-state index contributed by atoms with van der Waals surface area (Å²) in [6.07, 6.45) is 3.69. The van der Waals surface area contributed by atoms with Crippen molar-refractivity contribution in [2.45, 2.75) is 25.7 Å². The Morgan fingerprint density at radius 1 is 1.19 bits per heavy atom. The Balaban J connectivity index is 1.76. The molecule has 1 aliphatic heterocycles. The quantitative estimate of drug-likeness (QED) is 0.621. The molecule has 0 N–H and O–H groups in total. The van der Waals surface area contributed by atoms with Gasteiger partial charge < -0.3 is 9.64 Å². The Bertz CT molecular complexity index is 855. The van der Waals surface area contributed by atoms with E-state index < -0.39 is 4.92 Å². The van der Waals surface area contributed by atoms with E-state index in [-0.39, 0.29) is 11.6 Å². The van der Waals surface area contributed by atoms with Crippen molar-refractivity contribution in [3.63, 3.8) is 0 Å². The minimum atomic E-state index is -0.417. The topological polar surface area (TPSA) is 90.5 Å². The monoisotopic (exact) mass is 356 g/mol. The minimum Gasteiger partial charge on any atom is -0.378 e. The molecule has 136 valence electrons. The second kappa shape index (κ2) is 6.87. The van der Waals surface area contributed by atoms with Crippen LogP contribution in [0.15, 0.2) is 24.3 Å². The Morgan fingerprint density at radius 3 is 2.73 bits per heavy atom. The van der Waals surface area contributed by atoms with Crippen molar-refractivity contribution in [1.29, 1.82) is 0 Å². The van der Waals surface area contributed by atoms with Gasteiger partial charge in [0.25, 0.3) is 11.6 Å². The van der Waals surface area contributed by atoms with E-state index in [1.54, 1.807) is 21.7 Å². The van der Waals surface area contributed by atoms with Gasteiger partial charge in [0.15, 0.2) is 5.69 Å². The zero-order chi connectivity index (χ0) is 18.1. The third kappa shape index (κ3) is 2.96. The normalized spacial score (nSPS) is 17.0. The SMILES string of the molecule is O=C(c1nn(-c2cccc([N+](=O)[O-])c2)c2c1CCCC2)N1CCOCC1. The molecular formula is C18H20N4O4. The summed E-state index contributed by atoms with van der Waals surface area (Å²) in [6.45, 7) is 2.22. The molecule has 0 bridgehead atoms. The minimum absolute atomic E-state index is 0.0172. The van der Waals surface area contributed by atoms with Crippen molar-refractivity contribution in [3.8, 4) is 5.69 Å². The number of carbonyl (C=O) groups is 1. The largest absolute Gasteiger partial charge is 0.378 e. The van der Waals surface area contributed by atoms with E-state index in [4.69, 9.17) is 4.74 Å². The molecule has 2 aliphatic rings. The van der Waals surface area contributed by atoms with Crippen LogP contribution in [0.1, 0.15) is 34.6 Å². The fraction of sp³-hybridized carbons (Fsp3) is 0.444. The standard InChI is InChI=1S/C18H20N4O4/c23-18(20-8-10-26-11-9-20)17-15-6-1-2-7-16(15)21(19-17)13-4-3-5-14(12-13)22(24)25/h3-5,12H,1-2,6-11H2. The van der Waals surface area contributed by atoms with Crippen molar-refractivity contribution in [2.75, 3.05) is 26.3 Å². The highest BCUT2D eigenvalue weighted by Gasteiger charge is 2.29. The summed E-state index contributed by atoms with van der Waals surface area (Å²) < 4.78 is 7.04. The van der Waals surface area contributed by atoms with Crippen molar-refractivity contribution in [2.24, 2.45) is 0 Å². The van der Waals surface area contributed by atoms with Gasteiger partial charge in [0.05, 0.1) is 23.8 Å². The second-order valence-corrected chi connectivity index (χ2v) is 6.57. The summed E-state index contributed by atoms with van der Waals surface area (Å²) in [5.41, 5.74) is 3.10. The lowest BCUT2D eigenvalue weighted by Gasteiger charge is -2.26. The first-order valence-corrected chi connectivity index (χ1v) is 8.88. The van der Waals surface area contributed by atoms with Gasteiger partial charge in [-0.15, -0.1) is 0 Å². The average Bonchev–Trinajstić information content (AvgIpc) is 3.08. The van der Waals surface area contributed by atoms with Gasteiger partial charge in [-0.2, -0.15) is 5.10 Å². The molecule has 2 aromatic rings. The maximum absolute atomic E-state index is 13.0. The molecule has 1 amide bonds. The van der Waals surface area contributed by atoms with Gasteiger partial charge in [-0.05, 0) is 31.7 Å². The molecule has 1 aliphatic carbocycles. The number of carbonyl (C=O) groups excluding carboxylic acids is 1. The van der Waals surface area contributed by atoms with Gasteiger partial charge >= 0.3 is 0 Å². The number of morpholine rings is 1. The summed E-state index contributed by atoms with van der Waals surface area (Å²) >= 11 is 0. The first kappa shape index (κ1) is 16.7. The lowest BCUT2D eigenvalue weighted by molar-refractivity contribution is -0.384. The van der Waals surface area contributed by atoms with Crippen LogP contribution in [0.2, 0.25) is 0 Å². The summed E-state index contributed by atoms with van der Waals surface area (Å²) in [4.78, 5) is 25.4. The third-order valence-electron chi connectivity index (χ3n) is 4.97. The maximum Gasteiger partial charge on any atom is 0.274 e. The predicted molar refractivity (Wildman–Crippen MR) is 93.6 cm³/mol. The van der Waals surface area contributed by atoms with E-state index in [1.165, 1.54) is 12.1 Å². The van der Waals surface area contributed by atoms with E-state index in [1.807, 2.05) is 0 Å². The number of non-ortho nitro benzene ring substituents is 1. The number of nitro benzene ring substituents is 1. The number of hydrogen-bond donors (Lipinski definition) is 0. The molecule has 1 aromatic carbocycles. The molecule has 1 saturated heterocycles. The van der Waals surface area contributed by atoms with Crippen LogP contribution in [-0.2, 0) is 17.6 Å². The number of amides is 1. The third-order valence-corrected chi connectivity index (χ3v) is 4.97. The Morgan fingerprint density at radius 2 is 1.96 bits per heavy atom.